The van der Waals surface area contributed by atoms with Crippen LogP contribution < -0.4 is 0 Å². The van der Waals surface area contributed by atoms with Gasteiger partial charge in [0, 0.05) is 33.6 Å². The second-order valence-corrected chi connectivity index (χ2v) is 11.7. The molecule has 4 fully saturated rings. The third-order valence-corrected chi connectivity index (χ3v) is 9.23. The average Bonchev–Trinajstić information content (AvgIpc) is 3.09. The number of ether oxygens (including phenoxy) is 6. The molecule has 0 aromatic carbocycles. The molecule has 11 atom stereocenters. The second kappa shape index (κ2) is 10.5. The van der Waals surface area contributed by atoms with E-state index in [0.29, 0.717) is 12.0 Å². The van der Waals surface area contributed by atoms with Crippen LogP contribution in [0.15, 0.2) is 24.3 Å². The van der Waals surface area contributed by atoms with Crippen molar-refractivity contribution >= 4 is 41.4 Å². The van der Waals surface area contributed by atoms with Gasteiger partial charge in [-0.3, -0.25) is 24.0 Å². The molecule has 0 radical (unpaired) electrons. The molecule has 0 aromatic rings. The van der Waals surface area contributed by atoms with Gasteiger partial charge in [0.25, 0.3) is 0 Å². The largest absolute Gasteiger partial charge is 0.462 e. The molecule has 40 heavy (non-hydrogen) atoms. The summed E-state index contributed by atoms with van der Waals surface area (Å²) in [6.45, 7) is 16.4. The Hall–Kier alpha value is -2.92. The minimum atomic E-state index is -1.69. The number of alkyl halides is 1. The van der Waals surface area contributed by atoms with E-state index in [1.165, 1.54) is 27.7 Å². The van der Waals surface area contributed by atoms with Gasteiger partial charge in [-0.25, -0.2) is 0 Å². The summed E-state index contributed by atoms with van der Waals surface area (Å²) in [5, 5.41) is -1.05. The van der Waals surface area contributed by atoms with E-state index in [2.05, 4.69) is 13.2 Å². The lowest BCUT2D eigenvalue weighted by Crippen LogP contribution is -2.75. The maximum atomic E-state index is 13.1. The first-order valence-corrected chi connectivity index (χ1v) is 13.6. The van der Waals surface area contributed by atoms with Gasteiger partial charge in [-0.05, 0) is 25.3 Å². The van der Waals surface area contributed by atoms with Crippen LogP contribution in [0.5, 0.6) is 0 Å². The van der Waals surface area contributed by atoms with Gasteiger partial charge in [0.1, 0.15) is 18.3 Å². The summed E-state index contributed by atoms with van der Waals surface area (Å²) >= 11 is 6.89. The number of halogens is 1. The monoisotopic (exact) mass is 582 g/mol. The molecule has 0 unspecified atom stereocenters. The third kappa shape index (κ3) is 4.51. The van der Waals surface area contributed by atoms with Crippen molar-refractivity contribution in [3.8, 4) is 0 Å². The first-order chi connectivity index (χ1) is 18.6. The smallest absolute Gasteiger partial charge is 0.312 e. The fourth-order valence-electron chi connectivity index (χ4n) is 7.12. The summed E-state index contributed by atoms with van der Waals surface area (Å²) in [5.74, 6) is -5.30. The Kier molecular flexibility index (Phi) is 7.87. The molecule has 3 saturated heterocycles. The van der Waals surface area contributed by atoms with Crippen molar-refractivity contribution in [1.29, 1.82) is 0 Å². The molecule has 0 N–H and O–H groups in total. The molecule has 4 rings (SSSR count). The highest BCUT2D eigenvalue weighted by molar-refractivity contribution is 6.23. The number of hydrogen-bond donors (Lipinski definition) is 0. The normalized spacial score (nSPS) is 42.3. The number of hydrogen-bond acceptors (Lipinski definition) is 11. The molecular weight excluding hydrogens is 548 g/mol. The summed E-state index contributed by atoms with van der Waals surface area (Å²) < 4.78 is 36.0. The van der Waals surface area contributed by atoms with E-state index in [1.807, 2.05) is 0 Å². The van der Waals surface area contributed by atoms with Crippen molar-refractivity contribution in [2.45, 2.75) is 102 Å². The van der Waals surface area contributed by atoms with Gasteiger partial charge >= 0.3 is 29.8 Å². The van der Waals surface area contributed by atoms with Crippen molar-refractivity contribution in [2.75, 3.05) is 0 Å². The van der Waals surface area contributed by atoms with Crippen molar-refractivity contribution in [2.24, 2.45) is 17.3 Å². The fraction of sp³-hybridized carbons (Fsp3) is 0.679. The van der Waals surface area contributed by atoms with Crippen LogP contribution in [0.3, 0.4) is 0 Å². The Bertz CT molecular complexity index is 1160. The second-order valence-electron chi connectivity index (χ2n) is 11.2. The van der Waals surface area contributed by atoms with Crippen LogP contribution >= 0.6 is 11.6 Å². The Balaban J connectivity index is 2.11. The first-order valence-electron chi connectivity index (χ1n) is 13.1. The SMILES string of the molecule is C=C1CC[C@H](OC(C)=O)[C@@]2(C)[C@H]1[C@H](OC(C)=O)[C@@]13O[C@H](C(=C)[C@H](Cl)[C@@H]1OC(=O)[C@@H]3C)[C@H](OC(C)=O)[C@@H]2OC(C)=O. The van der Waals surface area contributed by atoms with Crippen LogP contribution in [-0.4, -0.2) is 77.4 Å². The van der Waals surface area contributed by atoms with E-state index < -0.39 is 94.7 Å². The lowest BCUT2D eigenvalue weighted by Gasteiger charge is -2.61. The number of carbonyl (C=O) groups is 5. The Morgan fingerprint density at radius 1 is 0.925 bits per heavy atom. The van der Waals surface area contributed by atoms with Crippen molar-refractivity contribution in [1.82, 2.24) is 0 Å². The molecule has 0 amide bonds. The number of carbonyl (C=O) groups excluding carboxylic acids is 5. The molecule has 0 aromatic heterocycles. The van der Waals surface area contributed by atoms with Crippen LogP contribution in [0, 0.1) is 17.3 Å². The molecule has 12 heteroatoms. The van der Waals surface area contributed by atoms with Gasteiger partial charge in [0.05, 0.1) is 16.7 Å². The zero-order chi connectivity index (χ0) is 29.9. The van der Waals surface area contributed by atoms with Crippen molar-refractivity contribution in [3.63, 3.8) is 0 Å². The van der Waals surface area contributed by atoms with E-state index in [0.717, 1.165) is 0 Å². The number of esters is 5. The zero-order valence-electron chi connectivity index (χ0n) is 23.4. The van der Waals surface area contributed by atoms with Gasteiger partial charge in [0.2, 0.25) is 0 Å². The summed E-state index contributed by atoms with van der Waals surface area (Å²) in [6, 6.07) is 0. The molecule has 1 aliphatic carbocycles. The summed E-state index contributed by atoms with van der Waals surface area (Å²) in [4.78, 5) is 63.2. The third-order valence-electron chi connectivity index (χ3n) is 8.72. The van der Waals surface area contributed by atoms with E-state index in [4.69, 9.17) is 40.0 Å². The van der Waals surface area contributed by atoms with Gasteiger partial charge in [-0.15, -0.1) is 11.6 Å². The topological polar surface area (TPSA) is 141 Å². The fourth-order valence-corrected chi connectivity index (χ4v) is 7.49. The predicted molar refractivity (Wildman–Crippen MR) is 138 cm³/mol. The number of rotatable bonds is 4. The van der Waals surface area contributed by atoms with Crippen molar-refractivity contribution in [3.05, 3.63) is 24.3 Å². The summed E-state index contributed by atoms with van der Waals surface area (Å²) in [6.07, 6.45) is -6.58. The highest BCUT2D eigenvalue weighted by Gasteiger charge is 2.75. The molecule has 11 nitrogen and oxygen atoms in total. The molecular formula is C28H35ClO11. The van der Waals surface area contributed by atoms with Crippen LogP contribution in [0.25, 0.3) is 0 Å². The molecule has 220 valence electrons. The minimum absolute atomic E-state index is 0.204. The standard InChI is InChI=1S/C28H35ClO11/c1-11-9-10-18(35-14(4)30)27(8)19(11)23(37-16(6)32)28-13(3)26(34)39-24(28)20(29)12(2)21(40-28)22(36-15(5)31)25(27)38-17(7)33/h13,18-25H,1-2,9-10H2,3-8H3/t13-,18-,19+,20-,21+,22-,23-,24-,25-,27-,28+/m0/s1. The van der Waals surface area contributed by atoms with Crippen LogP contribution in [0.2, 0.25) is 0 Å². The van der Waals surface area contributed by atoms with Crippen LogP contribution in [0.4, 0.5) is 0 Å². The highest BCUT2D eigenvalue weighted by atomic mass is 35.5. The Morgan fingerprint density at radius 3 is 2.02 bits per heavy atom. The van der Waals surface area contributed by atoms with Crippen LogP contribution in [-0.2, 0) is 52.4 Å². The molecule has 3 aliphatic heterocycles. The lowest BCUT2D eigenvalue weighted by atomic mass is 9.53. The van der Waals surface area contributed by atoms with Gasteiger partial charge in [-0.2, -0.15) is 0 Å². The van der Waals surface area contributed by atoms with Crippen molar-refractivity contribution < 1.29 is 52.4 Å². The van der Waals surface area contributed by atoms with E-state index in [9.17, 15) is 24.0 Å². The number of fused-ring (bicyclic) bond motifs is 2. The molecule has 1 saturated carbocycles. The quantitative estimate of drug-likeness (QED) is 0.209. The molecule has 3 heterocycles. The maximum absolute atomic E-state index is 13.1. The lowest BCUT2D eigenvalue weighted by molar-refractivity contribution is -0.294. The van der Waals surface area contributed by atoms with E-state index >= 15 is 0 Å². The van der Waals surface area contributed by atoms with E-state index in [-0.39, 0.29) is 12.0 Å². The predicted octanol–water partition coefficient (Wildman–Crippen LogP) is 2.56. The molecule has 2 bridgehead atoms. The van der Waals surface area contributed by atoms with Gasteiger partial charge in [-0.1, -0.05) is 25.7 Å². The molecule has 4 aliphatic rings. The van der Waals surface area contributed by atoms with E-state index in [1.54, 1.807) is 13.8 Å². The molecule has 1 spiro atoms. The summed E-state index contributed by atoms with van der Waals surface area (Å²) in [5.41, 5.74) is -2.33. The average molecular weight is 583 g/mol. The minimum Gasteiger partial charge on any atom is -0.462 e. The van der Waals surface area contributed by atoms with Crippen LogP contribution in [0.1, 0.15) is 54.4 Å². The Morgan fingerprint density at radius 2 is 1.48 bits per heavy atom. The van der Waals surface area contributed by atoms with Gasteiger partial charge in [0.15, 0.2) is 23.9 Å². The maximum Gasteiger partial charge on any atom is 0.312 e. The first kappa shape index (κ1) is 30.0. The van der Waals surface area contributed by atoms with Gasteiger partial charge < -0.3 is 28.4 Å². The Labute approximate surface area is 237 Å². The highest BCUT2D eigenvalue weighted by Crippen LogP contribution is 2.61. The summed E-state index contributed by atoms with van der Waals surface area (Å²) in [7, 11) is 0. The zero-order valence-corrected chi connectivity index (χ0v) is 24.1.